The smallest absolute Gasteiger partial charge is 0.237 e. The second-order valence-electron chi connectivity index (χ2n) is 7.53. The summed E-state index contributed by atoms with van der Waals surface area (Å²) in [4.78, 5) is 14.9. The number of hydrogen-bond acceptors (Lipinski definition) is 4. The summed E-state index contributed by atoms with van der Waals surface area (Å²) in [6, 6.07) is 5.83. The first-order chi connectivity index (χ1) is 13.1. The Morgan fingerprint density at radius 1 is 1.22 bits per heavy atom. The topological polar surface area (TPSA) is 50.8 Å². The van der Waals surface area contributed by atoms with E-state index in [-0.39, 0.29) is 11.9 Å². The zero-order valence-electron chi connectivity index (χ0n) is 17.4. The number of nitrogens with zero attached hydrogens (tertiary/aromatic N) is 1. The quantitative estimate of drug-likeness (QED) is 0.715. The summed E-state index contributed by atoms with van der Waals surface area (Å²) in [6.07, 6.45) is 7.08. The van der Waals surface area contributed by atoms with Crippen molar-refractivity contribution in [3.8, 4) is 11.5 Å². The van der Waals surface area contributed by atoms with Crippen molar-refractivity contribution in [2.75, 3.05) is 33.9 Å². The molecule has 0 aromatic heterocycles. The number of ether oxygens (including phenoxy) is 2. The van der Waals surface area contributed by atoms with E-state index in [2.05, 4.69) is 17.1 Å². The largest absolute Gasteiger partial charge is 0.493 e. The molecule has 152 valence electrons. The highest BCUT2D eigenvalue weighted by atomic mass is 16.5. The Bertz CT molecular complexity index is 591. The summed E-state index contributed by atoms with van der Waals surface area (Å²) in [7, 11) is 3.27. The summed E-state index contributed by atoms with van der Waals surface area (Å²) in [5.74, 6) is 2.41. The third kappa shape index (κ3) is 6.42. The summed E-state index contributed by atoms with van der Waals surface area (Å²) >= 11 is 0. The highest BCUT2D eigenvalue weighted by molar-refractivity contribution is 5.81. The minimum atomic E-state index is -0.0595. The fraction of sp³-hybridized carbons (Fsp3) is 0.682. The zero-order chi connectivity index (χ0) is 19.6. The average molecular weight is 377 g/mol. The van der Waals surface area contributed by atoms with Gasteiger partial charge in [-0.05, 0) is 69.3 Å². The maximum Gasteiger partial charge on any atom is 0.237 e. The van der Waals surface area contributed by atoms with Gasteiger partial charge in [-0.15, -0.1) is 0 Å². The molecule has 1 aromatic carbocycles. The second-order valence-corrected chi connectivity index (χ2v) is 7.53. The van der Waals surface area contributed by atoms with E-state index in [1.807, 2.05) is 25.1 Å². The molecule has 1 aromatic rings. The summed E-state index contributed by atoms with van der Waals surface area (Å²) in [5.41, 5.74) is 1.12. The lowest BCUT2D eigenvalue weighted by Gasteiger charge is -2.26. The number of likely N-dealkylation sites (tertiary alicyclic amines) is 1. The monoisotopic (exact) mass is 376 g/mol. The van der Waals surface area contributed by atoms with Gasteiger partial charge in [-0.25, -0.2) is 0 Å². The third-order valence-electron chi connectivity index (χ3n) is 5.67. The van der Waals surface area contributed by atoms with E-state index in [0.717, 1.165) is 42.5 Å². The van der Waals surface area contributed by atoms with Crippen LogP contribution >= 0.6 is 0 Å². The van der Waals surface area contributed by atoms with Crippen molar-refractivity contribution < 1.29 is 14.3 Å². The van der Waals surface area contributed by atoms with Crippen molar-refractivity contribution in [2.24, 2.45) is 5.92 Å². The second kappa shape index (κ2) is 11.2. The molecule has 1 N–H and O–H groups in total. The fourth-order valence-corrected chi connectivity index (χ4v) is 3.95. The molecule has 5 heteroatoms. The first-order valence-electron chi connectivity index (χ1n) is 10.3. The van der Waals surface area contributed by atoms with Gasteiger partial charge in [0.05, 0.1) is 20.3 Å². The van der Waals surface area contributed by atoms with Gasteiger partial charge in [-0.2, -0.15) is 0 Å². The Balaban J connectivity index is 1.79. The van der Waals surface area contributed by atoms with Crippen LogP contribution in [0.1, 0.15) is 51.5 Å². The molecule has 1 aliphatic rings. The Morgan fingerprint density at radius 2 is 2.00 bits per heavy atom. The van der Waals surface area contributed by atoms with E-state index in [1.165, 1.54) is 32.1 Å². The maximum absolute atomic E-state index is 12.6. The van der Waals surface area contributed by atoms with Crippen molar-refractivity contribution in [3.05, 3.63) is 23.8 Å². The van der Waals surface area contributed by atoms with Crippen LogP contribution in [0.3, 0.4) is 0 Å². The van der Waals surface area contributed by atoms with Gasteiger partial charge >= 0.3 is 0 Å². The number of methoxy groups -OCH3 is 2. The number of benzene rings is 1. The van der Waals surface area contributed by atoms with Gasteiger partial charge < -0.3 is 14.8 Å². The van der Waals surface area contributed by atoms with Crippen LogP contribution in [0.25, 0.3) is 0 Å². The molecule has 2 unspecified atom stereocenters. The van der Waals surface area contributed by atoms with Crippen molar-refractivity contribution in [1.29, 1.82) is 0 Å². The van der Waals surface area contributed by atoms with Crippen LogP contribution in [-0.2, 0) is 11.2 Å². The molecule has 1 fully saturated rings. The number of nitrogens with one attached hydrogen (secondary N) is 1. The average Bonchev–Trinajstić information content (AvgIpc) is 2.93. The zero-order valence-corrected chi connectivity index (χ0v) is 17.4. The molecule has 0 aliphatic carbocycles. The molecule has 5 nitrogen and oxygen atoms in total. The number of carbonyl (C=O) groups excluding carboxylic acids is 1. The number of carbonyl (C=O) groups is 1. The molecule has 0 spiro atoms. The Kier molecular flexibility index (Phi) is 8.92. The summed E-state index contributed by atoms with van der Waals surface area (Å²) in [5, 5.41) is 3.10. The lowest BCUT2D eigenvalue weighted by Crippen LogP contribution is -2.46. The molecular formula is C22H36N2O3. The van der Waals surface area contributed by atoms with Gasteiger partial charge in [0, 0.05) is 6.54 Å². The lowest BCUT2D eigenvalue weighted by atomic mass is 9.96. The number of amides is 1. The summed E-state index contributed by atoms with van der Waals surface area (Å²) < 4.78 is 10.6. The van der Waals surface area contributed by atoms with Crippen LogP contribution in [0.2, 0.25) is 0 Å². The van der Waals surface area contributed by atoms with Crippen LogP contribution in [0, 0.1) is 5.92 Å². The van der Waals surface area contributed by atoms with Crippen molar-refractivity contribution in [2.45, 2.75) is 58.4 Å². The molecule has 0 bridgehead atoms. The van der Waals surface area contributed by atoms with Gasteiger partial charge in [0.1, 0.15) is 0 Å². The van der Waals surface area contributed by atoms with Gasteiger partial charge in [0.15, 0.2) is 11.5 Å². The van der Waals surface area contributed by atoms with E-state index in [9.17, 15) is 4.79 Å². The van der Waals surface area contributed by atoms with Crippen LogP contribution in [-0.4, -0.2) is 50.7 Å². The van der Waals surface area contributed by atoms with E-state index < -0.39 is 0 Å². The van der Waals surface area contributed by atoms with Crippen molar-refractivity contribution in [3.63, 3.8) is 0 Å². The van der Waals surface area contributed by atoms with Gasteiger partial charge in [-0.3, -0.25) is 9.69 Å². The van der Waals surface area contributed by atoms with E-state index in [0.29, 0.717) is 6.54 Å². The Morgan fingerprint density at radius 3 is 2.70 bits per heavy atom. The van der Waals surface area contributed by atoms with E-state index in [4.69, 9.17) is 9.47 Å². The van der Waals surface area contributed by atoms with Crippen molar-refractivity contribution in [1.82, 2.24) is 10.2 Å². The molecule has 0 radical (unpaired) electrons. The SMILES string of the molecule is CCCC1CCCN(C(C)C(=O)NCCc2ccc(OC)c(OC)c2)CC1. The molecule has 2 atom stereocenters. The third-order valence-corrected chi connectivity index (χ3v) is 5.67. The van der Waals surface area contributed by atoms with Gasteiger partial charge in [0.25, 0.3) is 0 Å². The molecule has 2 rings (SSSR count). The maximum atomic E-state index is 12.6. The first-order valence-corrected chi connectivity index (χ1v) is 10.3. The molecule has 1 saturated heterocycles. The van der Waals surface area contributed by atoms with Crippen LogP contribution in [0.5, 0.6) is 11.5 Å². The minimum Gasteiger partial charge on any atom is -0.493 e. The van der Waals surface area contributed by atoms with Gasteiger partial charge in [0.2, 0.25) is 5.91 Å². The highest BCUT2D eigenvalue weighted by Gasteiger charge is 2.24. The molecule has 1 aliphatic heterocycles. The standard InChI is InChI=1S/C22H36N2O3/c1-5-7-18-8-6-14-24(15-12-18)17(2)22(25)23-13-11-19-9-10-20(26-3)21(16-19)27-4/h9-10,16-18H,5-8,11-15H2,1-4H3,(H,23,25). The van der Waals surface area contributed by atoms with Crippen LogP contribution in [0.4, 0.5) is 0 Å². The van der Waals surface area contributed by atoms with E-state index >= 15 is 0 Å². The predicted octanol–water partition coefficient (Wildman–Crippen LogP) is 3.65. The Hall–Kier alpha value is -1.75. The van der Waals surface area contributed by atoms with E-state index in [1.54, 1.807) is 14.2 Å². The molecule has 0 saturated carbocycles. The first kappa shape index (κ1) is 21.5. The Labute approximate surface area is 164 Å². The lowest BCUT2D eigenvalue weighted by molar-refractivity contribution is -0.125. The fourth-order valence-electron chi connectivity index (χ4n) is 3.95. The van der Waals surface area contributed by atoms with Crippen molar-refractivity contribution >= 4 is 5.91 Å². The molecular weight excluding hydrogens is 340 g/mol. The summed E-state index contributed by atoms with van der Waals surface area (Å²) in [6.45, 7) is 6.99. The normalized spacial score (nSPS) is 19.2. The number of rotatable bonds is 9. The molecule has 27 heavy (non-hydrogen) atoms. The van der Waals surface area contributed by atoms with Crippen LogP contribution in [0.15, 0.2) is 18.2 Å². The highest BCUT2D eigenvalue weighted by Crippen LogP contribution is 2.27. The predicted molar refractivity (Wildman–Crippen MR) is 110 cm³/mol. The van der Waals surface area contributed by atoms with Gasteiger partial charge in [-0.1, -0.05) is 25.8 Å². The molecule has 1 amide bonds. The minimum absolute atomic E-state index is 0.0595. The van der Waals surface area contributed by atoms with Crippen LogP contribution < -0.4 is 14.8 Å². The molecule has 1 heterocycles. The number of hydrogen-bond donors (Lipinski definition) is 1.